The van der Waals surface area contributed by atoms with Crippen molar-refractivity contribution in [3.63, 3.8) is 0 Å². The molecular formula is C9H16F3NO. The van der Waals surface area contributed by atoms with Crippen molar-refractivity contribution in [3.05, 3.63) is 0 Å². The molecule has 0 bridgehead atoms. The molecule has 2 atom stereocenters. The summed E-state index contributed by atoms with van der Waals surface area (Å²) in [6, 6.07) is 0.225. The quantitative estimate of drug-likeness (QED) is 0.768. The molecule has 0 aromatic carbocycles. The van der Waals surface area contributed by atoms with Gasteiger partial charge in [0.15, 0.2) is 0 Å². The number of nitrogens with one attached hydrogen (secondary N) is 1. The Morgan fingerprint density at radius 3 is 2.64 bits per heavy atom. The maximum absolute atomic E-state index is 11.8. The van der Waals surface area contributed by atoms with Crippen molar-refractivity contribution in [2.75, 3.05) is 13.7 Å². The molecule has 1 fully saturated rings. The molecule has 0 spiro atoms. The summed E-state index contributed by atoms with van der Waals surface area (Å²) in [6.07, 6.45) is -2.10. The van der Waals surface area contributed by atoms with Gasteiger partial charge in [0.1, 0.15) is 0 Å². The highest BCUT2D eigenvalue weighted by Gasteiger charge is 2.30. The predicted molar refractivity (Wildman–Crippen MR) is 47.1 cm³/mol. The maximum Gasteiger partial charge on any atom is 0.391 e. The summed E-state index contributed by atoms with van der Waals surface area (Å²) in [4.78, 5) is 0. The fourth-order valence-electron chi connectivity index (χ4n) is 1.78. The van der Waals surface area contributed by atoms with Crippen LogP contribution >= 0.6 is 0 Å². The zero-order chi connectivity index (χ0) is 10.6. The Balaban J connectivity index is 2.18. The Kier molecular flexibility index (Phi) is 4.19. The summed E-state index contributed by atoms with van der Waals surface area (Å²) in [5.41, 5.74) is 0. The Hall–Kier alpha value is -0.290. The molecule has 0 aliphatic heterocycles. The summed E-state index contributed by atoms with van der Waals surface area (Å²) in [5, 5.41) is 3.06. The number of ether oxygens (including phenoxy) is 1. The van der Waals surface area contributed by atoms with E-state index in [-0.39, 0.29) is 18.8 Å². The zero-order valence-corrected chi connectivity index (χ0v) is 8.23. The van der Waals surface area contributed by atoms with Gasteiger partial charge in [-0.15, -0.1) is 0 Å². The average Bonchev–Trinajstić information content (AvgIpc) is 2.49. The summed E-state index contributed by atoms with van der Waals surface area (Å²) < 4.78 is 40.6. The molecule has 0 amide bonds. The van der Waals surface area contributed by atoms with Gasteiger partial charge >= 0.3 is 6.18 Å². The monoisotopic (exact) mass is 211 g/mol. The maximum atomic E-state index is 11.8. The first-order valence-corrected chi connectivity index (χ1v) is 4.88. The van der Waals surface area contributed by atoms with Gasteiger partial charge in [0.2, 0.25) is 0 Å². The number of alkyl halides is 3. The van der Waals surface area contributed by atoms with Gasteiger partial charge in [-0.1, -0.05) is 0 Å². The van der Waals surface area contributed by atoms with Crippen LogP contribution < -0.4 is 5.32 Å². The second-order valence-corrected chi connectivity index (χ2v) is 3.60. The van der Waals surface area contributed by atoms with Crippen LogP contribution in [0.25, 0.3) is 0 Å². The third kappa shape index (κ3) is 3.84. The van der Waals surface area contributed by atoms with Crippen LogP contribution in [0.4, 0.5) is 13.2 Å². The second kappa shape index (κ2) is 4.98. The molecule has 84 valence electrons. The van der Waals surface area contributed by atoms with Gasteiger partial charge in [-0.25, -0.2) is 0 Å². The van der Waals surface area contributed by atoms with Crippen LogP contribution in [-0.2, 0) is 4.74 Å². The lowest BCUT2D eigenvalue weighted by molar-refractivity contribution is -0.149. The molecule has 2 unspecified atom stereocenters. The van der Waals surface area contributed by atoms with Crippen LogP contribution in [0, 0.1) is 0 Å². The smallest absolute Gasteiger partial charge is 0.376 e. The fraction of sp³-hybridized carbons (Fsp3) is 1.00. The number of hydrogen-bond acceptors (Lipinski definition) is 2. The van der Waals surface area contributed by atoms with E-state index in [1.807, 2.05) is 7.05 Å². The van der Waals surface area contributed by atoms with Crippen LogP contribution in [0.15, 0.2) is 0 Å². The van der Waals surface area contributed by atoms with E-state index in [0.717, 1.165) is 19.3 Å². The Morgan fingerprint density at radius 1 is 1.36 bits per heavy atom. The molecule has 1 saturated carbocycles. The van der Waals surface area contributed by atoms with Crippen LogP contribution in [0.1, 0.15) is 25.7 Å². The van der Waals surface area contributed by atoms with Gasteiger partial charge in [-0.05, 0) is 26.3 Å². The third-order valence-electron chi connectivity index (χ3n) is 2.54. The van der Waals surface area contributed by atoms with Crippen molar-refractivity contribution >= 4 is 0 Å². The van der Waals surface area contributed by atoms with E-state index in [1.54, 1.807) is 0 Å². The second-order valence-electron chi connectivity index (χ2n) is 3.60. The lowest BCUT2D eigenvalue weighted by Gasteiger charge is -2.19. The van der Waals surface area contributed by atoms with Crippen LogP contribution in [-0.4, -0.2) is 32.0 Å². The lowest BCUT2D eigenvalue weighted by atomic mass is 10.2. The van der Waals surface area contributed by atoms with Crippen molar-refractivity contribution in [1.82, 2.24) is 5.32 Å². The fourth-order valence-corrected chi connectivity index (χ4v) is 1.78. The molecule has 0 aromatic rings. The predicted octanol–water partition coefficient (Wildman–Crippen LogP) is 2.10. The highest BCUT2D eigenvalue weighted by Crippen LogP contribution is 2.24. The van der Waals surface area contributed by atoms with E-state index in [0.29, 0.717) is 0 Å². The topological polar surface area (TPSA) is 21.3 Å². The standard InChI is InChI=1S/C9H16F3NO/c1-13-7-3-2-4-8(7)14-6-5-9(10,11)12/h7-8,13H,2-6H2,1H3. The van der Waals surface area contributed by atoms with E-state index in [2.05, 4.69) is 5.32 Å². The number of rotatable bonds is 4. The third-order valence-corrected chi connectivity index (χ3v) is 2.54. The molecule has 5 heteroatoms. The minimum absolute atomic E-state index is 0.0395. The molecule has 2 nitrogen and oxygen atoms in total. The molecule has 1 aliphatic carbocycles. The highest BCUT2D eigenvalue weighted by atomic mass is 19.4. The average molecular weight is 211 g/mol. The molecule has 0 heterocycles. The first-order valence-electron chi connectivity index (χ1n) is 4.88. The number of hydrogen-bond donors (Lipinski definition) is 1. The van der Waals surface area contributed by atoms with E-state index in [4.69, 9.17) is 4.74 Å². The number of halogens is 3. The molecule has 14 heavy (non-hydrogen) atoms. The van der Waals surface area contributed by atoms with Crippen LogP contribution in [0.3, 0.4) is 0 Å². The molecule has 1 aliphatic rings. The van der Waals surface area contributed by atoms with Crippen molar-refractivity contribution in [1.29, 1.82) is 0 Å². The first-order chi connectivity index (χ1) is 6.53. The van der Waals surface area contributed by atoms with Gasteiger partial charge in [0.05, 0.1) is 19.1 Å². The van der Waals surface area contributed by atoms with Gasteiger partial charge in [0.25, 0.3) is 0 Å². The van der Waals surface area contributed by atoms with Crippen molar-refractivity contribution in [2.24, 2.45) is 0 Å². The Bertz CT molecular complexity index is 172. The largest absolute Gasteiger partial charge is 0.391 e. The first kappa shape index (κ1) is 11.8. The highest BCUT2D eigenvalue weighted by molar-refractivity contribution is 4.82. The van der Waals surface area contributed by atoms with Gasteiger partial charge in [0, 0.05) is 6.04 Å². The summed E-state index contributed by atoms with van der Waals surface area (Å²) >= 11 is 0. The van der Waals surface area contributed by atoms with Crippen molar-refractivity contribution in [3.8, 4) is 0 Å². The van der Waals surface area contributed by atoms with E-state index in [1.165, 1.54) is 0 Å². The minimum Gasteiger partial charge on any atom is -0.376 e. The van der Waals surface area contributed by atoms with E-state index in [9.17, 15) is 13.2 Å². The van der Waals surface area contributed by atoms with Crippen molar-refractivity contribution < 1.29 is 17.9 Å². The van der Waals surface area contributed by atoms with E-state index < -0.39 is 12.6 Å². The van der Waals surface area contributed by atoms with Gasteiger partial charge in [-0.3, -0.25) is 0 Å². The lowest BCUT2D eigenvalue weighted by Crippen LogP contribution is -2.35. The number of likely N-dealkylation sites (N-methyl/N-ethyl adjacent to an activating group) is 1. The summed E-state index contributed by atoms with van der Waals surface area (Å²) in [5.74, 6) is 0. The van der Waals surface area contributed by atoms with Gasteiger partial charge in [-0.2, -0.15) is 13.2 Å². The Labute approximate surface area is 81.8 Å². The van der Waals surface area contributed by atoms with E-state index >= 15 is 0 Å². The molecule has 0 saturated heterocycles. The van der Waals surface area contributed by atoms with Crippen molar-refractivity contribution in [2.45, 2.75) is 44.0 Å². The molecule has 0 radical (unpaired) electrons. The summed E-state index contributed by atoms with van der Waals surface area (Å²) in [7, 11) is 1.82. The van der Waals surface area contributed by atoms with Gasteiger partial charge < -0.3 is 10.1 Å². The normalized spacial score (nSPS) is 28.3. The molecule has 0 aromatic heterocycles. The van der Waals surface area contributed by atoms with Crippen LogP contribution in [0.5, 0.6) is 0 Å². The molecule has 1 N–H and O–H groups in total. The molecular weight excluding hydrogens is 195 g/mol. The van der Waals surface area contributed by atoms with Crippen LogP contribution in [0.2, 0.25) is 0 Å². The minimum atomic E-state index is -4.10. The molecule has 1 rings (SSSR count). The Morgan fingerprint density at radius 2 is 2.07 bits per heavy atom. The summed E-state index contributed by atoms with van der Waals surface area (Å²) in [6.45, 7) is -0.216. The SMILES string of the molecule is CNC1CCCC1OCCC(F)(F)F. The zero-order valence-electron chi connectivity index (χ0n) is 8.23.